The smallest absolute Gasteiger partial charge is 0.160 e. The van der Waals surface area contributed by atoms with Crippen LogP contribution in [-0.4, -0.2) is 42.8 Å². The topological polar surface area (TPSA) is 60.8 Å². The predicted octanol–water partition coefficient (Wildman–Crippen LogP) is 2.52. The van der Waals surface area contributed by atoms with E-state index in [9.17, 15) is 4.79 Å². The van der Waals surface area contributed by atoms with Gasteiger partial charge in [-0.3, -0.25) is 4.79 Å². The van der Waals surface area contributed by atoms with Gasteiger partial charge in [-0.15, -0.1) is 11.3 Å². The van der Waals surface area contributed by atoms with E-state index in [4.69, 9.17) is 10.2 Å². The van der Waals surface area contributed by atoms with Crippen LogP contribution in [0.5, 0.6) is 0 Å². The zero-order valence-electron chi connectivity index (χ0n) is 12.2. The van der Waals surface area contributed by atoms with E-state index in [1.54, 1.807) is 0 Å². The van der Waals surface area contributed by atoms with E-state index in [0.717, 1.165) is 27.3 Å². The van der Waals surface area contributed by atoms with Gasteiger partial charge in [0.15, 0.2) is 6.29 Å². The molecular formula is C17H19NO3S. The van der Waals surface area contributed by atoms with Crippen LogP contribution >= 0.6 is 11.3 Å². The van der Waals surface area contributed by atoms with Crippen LogP contribution in [0.3, 0.4) is 0 Å². The van der Waals surface area contributed by atoms with Gasteiger partial charge in [-0.25, -0.2) is 0 Å². The molecule has 0 fully saturated rings. The Kier molecular flexibility index (Phi) is 6.33. The maximum atomic E-state index is 10.6. The van der Waals surface area contributed by atoms with E-state index in [1.165, 1.54) is 11.3 Å². The molecule has 0 spiro atoms. The highest BCUT2D eigenvalue weighted by Gasteiger charge is 2.04. The van der Waals surface area contributed by atoms with Gasteiger partial charge in [-0.05, 0) is 35.9 Å². The second-order valence-corrected chi connectivity index (χ2v) is 5.86. The molecule has 0 aliphatic rings. The molecule has 5 heteroatoms. The van der Waals surface area contributed by atoms with E-state index >= 15 is 0 Å². The third-order valence-corrected chi connectivity index (χ3v) is 4.18. The Balaban J connectivity index is 2.05. The minimum Gasteiger partial charge on any atom is -0.395 e. The molecular weight excluding hydrogens is 298 g/mol. The van der Waals surface area contributed by atoms with Crippen molar-refractivity contribution in [3.8, 4) is 0 Å². The number of benzene rings is 1. The number of aliphatic hydroxyl groups is 2. The molecule has 0 atom stereocenters. The average molecular weight is 317 g/mol. The van der Waals surface area contributed by atoms with E-state index in [-0.39, 0.29) is 13.2 Å². The fourth-order valence-electron chi connectivity index (χ4n) is 2.11. The minimum atomic E-state index is 0.0547. The van der Waals surface area contributed by atoms with Crippen molar-refractivity contribution in [1.82, 2.24) is 0 Å². The number of hydrogen-bond donors (Lipinski definition) is 2. The highest BCUT2D eigenvalue weighted by atomic mass is 32.1. The third kappa shape index (κ3) is 4.53. The van der Waals surface area contributed by atoms with Gasteiger partial charge in [0.25, 0.3) is 0 Å². The number of aldehydes is 1. The first-order valence-electron chi connectivity index (χ1n) is 7.06. The summed E-state index contributed by atoms with van der Waals surface area (Å²) in [6, 6.07) is 11.6. The molecule has 2 rings (SSSR count). The number of hydrogen-bond acceptors (Lipinski definition) is 5. The molecule has 0 saturated carbocycles. The average Bonchev–Trinajstić information content (AvgIpc) is 3.01. The molecule has 0 aliphatic carbocycles. The summed E-state index contributed by atoms with van der Waals surface area (Å²) < 4.78 is 0. The Bertz CT molecular complexity index is 613. The van der Waals surface area contributed by atoms with Crippen LogP contribution in [-0.2, 0) is 0 Å². The molecule has 4 nitrogen and oxygen atoms in total. The summed E-state index contributed by atoms with van der Waals surface area (Å²) in [6.07, 6.45) is 4.83. The molecule has 1 aromatic carbocycles. The van der Waals surface area contributed by atoms with Gasteiger partial charge in [0.1, 0.15) is 0 Å². The molecule has 1 heterocycles. The molecule has 116 valence electrons. The van der Waals surface area contributed by atoms with Gasteiger partial charge in [0.05, 0.1) is 18.1 Å². The standard InChI is InChI=1S/C17H19NO3S/c19-11-9-18(10-12-20)15-4-1-14(2-5-15)3-6-16-7-8-17(13-21)22-16/h1-8,13,19-20H,9-12H2. The molecule has 2 N–H and O–H groups in total. The van der Waals surface area contributed by atoms with Crippen LogP contribution in [0.15, 0.2) is 36.4 Å². The molecule has 0 radical (unpaired) electrons. The molecule has 0 amide bonds. The van der Waals surface area contributed by atoms with Crippen LogP contribution in [0.1, 0.15) is 20.1 Å². The fourth-order valence-corrected chi connectivity index (χ4v) is 2.84. The number of aliphatic hydroxyl groups excluding tert-OH is 2. The van der Waals surface area contributed by atoms with E-state index in [2.05, 4.69) is 0 Å². The van der Waals surface area contributed by atoms with Crippen LogP contribution in [0, 0.1) is 0 Å². The minimum absolute atomic E-state index is 0.0547. The second-order valence-electron chi connectivity index (χ2n) is 4.72. The zero-order chi connectivity index (χ0) is 15.8. The van der Waals surface area contributed by atoms with Crippen molar-refractivity contribution in [3.05, 3.63) is 51.7 Å². The Morgan fingerprint density at radius 1 is 0.909 bits per heavy atom. The summed E-state index contributed by atoms with van der Waals surface area (Å²) in [7, 11) is 0. The first-order chi connectivity index (χ1) is 10.8. The molecule has 0 aliphatic heterocycles. The maximum Gasteiger partial charge on any atom is 0.160 e. The summed E-state index contributed by atoms with van der Waals surface area (Å²) in [6.45, 7) is 1.11. The third-order valence-electron chi connectivity index (χ3n) is 3.20. The van der Waals surface area contributed by atoms with E-state index in [1.807, 2.05) is 53.5 Å². The Morgan fingerprint density at radius 2 is 1.55 bits per heavy atom. The number of thiophene rings is 1. The summed E-state index contributed by atoms with van der Waals surface area (Å²) in [5.41, 5.74) is 2.03. The Labute approximate surface area is 134 Å². The number of anilines is 1. The lowest BCUT2D eigenvalue weighted by atomic mass is 10.1. The molecule has 0 unspecified atom stereocenters. The van der Waals surface area contributed by atoms with Crippen molar-refractivity contribution in [3.63, 3.8) is 0 Å². The lowest BCUT2D eigenvalue weighted by Gasteiger charge is -2.22. The largest absolute Gasteiger partial charge is 0.395 e. The lowest BCUT2D eigenvalue weighted by Crippen LogP contribution is -2.29. The van der Waals surface area contributed by atoms with Crippen molar-refractivity contribution in [1.29, 1.82) is 0 Å². The van der Waals surface area contributed by atoms with Crippen LogP contribution < -0.4 is 4.90 Å². The van der Waals surface area contributed by atoms with Gasteiger partial charge in [0, 0.05) is 23.7 Å². The van der Waals surface area contributed by atoms with Gasteiger partial charge in [0.2, 0.25) is 0 Å². The summed E-state index contributed by atoms with van der Waals surface area (Å²) in [5.74, 6) is 0. The molecule has 1 aromatic heterocycles. The maximum absolute atomic E-state index is 10.6. The van der Waals surface area contributed by atoms with E-state index in [0.29, 0.717) is 13.1 Å². The number of carbonyl (C=O) groups excluding carboxylic acids is 1. The highest BCUT2D eigenvalue weighted by Crippen LogP contribution is 2.19. The summed E-state index contributed by atoms with van der Waals surface area (Å²) in [5, 5.41) is 18.1. The predicted molar refractivity (Wildman–Crippen MR) is 91.5 cm³/mol. The number of carbonyl (C=O) groups is 1. The van der Waals surface area contributed by atoms with Crippen LogP contribution in [0.25, 0.3) is 12.2 Å². The van der Waals surface area contributed by atoms with Gasteiger partial charge >= 0.3 is 0 Å². The zero-order valence-corrected chi connectivity index (χ0v) is 13.0. The first-order valence-corrected chi connectivity index (χ1v) is 7.88. The molecule has 0 saturated heterocycles. The van der Waals surface area contributed by atoms with Crippen LogP contribution in [0.2, 0.25) is 0 Å². The Morgan fingerprint density at radius 3 is 2.09 bits per heavy atom. The molecule has 22 heavy (non-hydrogen) atoms. The first kappa shape index (κ1) is 16.4. The van der Waals surface area contributed by atoms with Crippen molar-refractivity contribution in [2.45, 2.75) is 0 Å². The van der Waals surface area contributed by atoms with Crippen molar-refractivity contribution in [2.75, 3.05) is 31.2 Å². The van der Waals surface area contributed by atoms with Gasteiger partial charge in [-0.2, -0.15) is 0 Å². The van der Waals surface area contributed by atoms with Crippen LogP contribution in [0.4, 0.5) is 5.69 Å². The normalized spacial score (nSPS) is 11.0. The fraction of sp³-hybridized carbons (Fsp3) is 0.235. The summed E-state index contributed by atoms with van der Waals surface area (Å²) >= 11 is 1.45. The lowest BCUT2D eigenvalue weighted by molar-refractivity contribution is 0.112. The van der Waals surface area contributed by atoms with Crippen molar-refractivity contribution >= 4 is 35.5 Å². The highest BCUT2D eigenvalue weighted by molar-refractivity contribution is 7.14. The van der Waals surface area contributed by atoms with Gasteiger partial charge < -0.3 is 15.1 Å². The summed E-state index contributed by atoms with van der Waals surface area (Å²) in [4.78, 5) is 14.3. The monoisotopic (exact) mass is 317 g/mol. The second kappa shape index (κ2) is 8.48. The van der Waals surface area contributed by atoms with Crippen molar-refractivity contribution in [2.24, 2.45) is 0 Å². The number of rotatable bonds is 8. The van der Waals surface area contributed by atoms with Gasteiger partial charge in [-0.1, -0.05) is 18.2 Å². The quantitative estimate of drug-likeness (QED) is 0.735. The van der Waals surface area contributed by atoms with E-state index < -0.39 is 0 Å². The number of nitrogens with zero attached hydrogens (tertiary/aromatic N) is 1. The Hall–Kier alpha value is -1.95. The molecule has 0 bridgehead atoms. The SMILES string of the molecule is O=Cc1ccc(C=Cc2ccc(N(CCO)CCO)cc2)s1. The molecule has 2 aromatic rings. The van der Waals surface area contributed by atoms with Crippen molar-refractivity contribution < 1.29 is 15.0 Å².